The Kier molecular flexibility index (Phi) is 5.04. The van der Waals surface area contributed by atoms with E-state index >= 15 is 0 Å². The van der Waals surface area contributed by atoms with Crippen molar-refractivity contribution in [1.29, 1.82) is 0 Å². The van der Waals surface area contributed by atoms with Crippen molar-refractivity contribution in [3.05, 3.63) is 59.4 Å². The monoisotopic (exact) mass is 276 g/mol. The molecule has 0 saturated carbocycles. The molecule has 0 aliphatic rings. The molecule has 0 saturated heterocycles. The summed E-state index contributed by atoms with van der Waals surface area (Å²) in [6.07, 6.45) is 5.22. The molecule has 0 atom stereocenters. The minimum atomic E-state index is 0.0794. The first-order valence-corrected chi connectivity index (χ1v) is 6.74. The largest absolute Gasteiger partial charge is 0.356 e. The normalized spacial score (nSPS) is 10.4. The van der Waals surface area contributed by atoms with Crippen LogP contribution in [0.3, 0.4) is 0 Å². The van der Waals surface area contributed by atoms with Crippen LogP contribution in [0, 0.1) is 0 Å². The van der Waals surface area contributed by atoms with Gasteiger partial charge in [-0.2, -0.15) is 0 Å². The maximum atomic E-state index is 11.6. The van der Waals surface area contributed by atoms with Gasteiger partial charge in [0.25, 0.3) is 0 Å². The molecule has 19 heavy (non-hydrogen) atoms. The molecule has 0 radical (unpaired) electrons. The van der Waals surface area contributed by atoms with E-state index in [1.54, 1.807) is 0 Å². The summed E-state index contributed by atoms with van der Waals surface area (Å²) >= 11 is 5.90. The van der Waals surface area contributed by atoms with Gasteiger partial charge in [-0.1, -0.05) is 23.7 Å². The third-order valence-electron chi connectivity index (χ3n) is 2.89. The van der Waals surface area contributed by atoms with Crippen molar-refractivity contribution >= 4 is 17.5 Å². The Morgan fingerprint density at radius 1 is 1.21 bits per heavy atom. The standard InChI is InChI=1S/C15H17ClN2O/c16-14-5-3-4-13(12-14)6-8-17-15(19)7-11-18-9-1-2-10-18/h1-5,9-10,12H,6-8,11H2,(H,17,19). The van der Waals surface area contributed by atoms with Crippen molar-refractivity contribution in [3.63, 3.8) is 0 Å². The van der Waals surface area contributed by atoms with Crippen LogP contribution in [-0.2, 0) is 17.8 Å². The van der Waals surface area contributed by atoms with Crippen molar-refractivity contribution in [3.8, 4) is 0 Å². The number of aryl methyl sites for hydroxylation is 1. The molecule has 0 bridgehead atoms. The first-order chi connectivity index (χ1) is 9.24. The highest BCUT2D eigenvalue weighted by molar-refractivity contribution is 6.30. The lowest BCUT2D eigenvalue weighted by Crippen LogP contribution is -2.26. The zero-order valence-corrected chi connectivity index (χ0v) is 11.4. The molecule has 1 N–H and O–H groups in total. The second-order valence-electron chi connectivity index (χ2n) is 4.40. The van der Waals surface area contributed by atoms with Gasteiger partial charge >= 0.3 is 0 Å². The van der Waals surface area contributed by atoms with E-state index in [9.17, 15) is 4.79 Å². The minimum Gasteiger partial charge on any atom is -0.356 e. The first kappa shape index (κ1) is 13.7. The third kappa shape index (κ3) is 4.79. The zero-order valence-electron chi connectivity index (χ0n) is 10.7. The highest BCUT2D eigenvalue weighted by atomic mass is 35.5. The Morgan fingerprint density at radius 2 is 2.00 bits per heavy atom. The number of aromatic nitrogens is 1. The molecule has 0 aliphatic heterocycles. The number of nitrogens with one attached hydrogen (secondary N) is 1. The average molecular weight is 277 g/mol. The van der Waals surface area contributed by atoms with Crippen LogP contribution < -0.4 is 5.32 Å². The van der Waals surface area contributed by atoms with E-state index in [-0.39, 0.29) is 5.91 Å². The van der Waals surface area contributed by atoms with Crippen molar-refractivity contribution in [2.45, 2.75) is 19.4 Å². The highest BCUT2D eigenvalue weighted by Gasteiger charge is 2.01. The predicted molar refractivity (Wildman–Crippen MR) is 77.2 cm³/mol. The number of amides is 1. The molecule has 4 heteroatoms. The van der Waals surface area contributed by atoms with Gasteiger partial charge in [0.15, 0.2) is 0 Å². The van der Waals surface area contributed by atoms with Crippen molar-refractivity contribution in [1.82, 2.24) is 9.88 Å². The average Bonchev–Trinajstić information content (AvgIpc) is 2.89. The molecule has 1 heterocycles. The number of rotatable bonds is 6. The van der Waals surface area contributed by atoms with E-state index in [2.05, 4.69) is 5.32 Å². The van der Waals surface area contributed by atoms with Gasteiger partial charge < -0.3 is 9.88 Å². The quantitative estimate of drug-likeness (QED) is 0.865. The van der Waals surface area contributed by atoms with Crippen LogP contribution in [0.25, 0.3) is 0 Å². The van der Waals surface area contributed by atoms with E-state index in [4.69, 9.17) is 11.6 Å². The van der Waals surface area contributed by atoms with E-state index in [1.807, 2.05) is 53.4 Å². The smallest absolute Gasteiger partial charge is 0.221 e. The lowest BCUT2D eigenvalue weighted by Gasteiger charge is -2.06. The molecule has 1 aromatic heterocycles. The Hall–Kier alpha value is -1.74. The van der Waals surface area contributed by atoms with Gasteiger partial charge in [-0.25, -0.2) is 0 Å². The number of carbonyl (C=O) groups excluding carboxylic acids is 1. The van der Waals surface area contributed by atoms with Crippen LogP contribution in [0.1, 0.15) is 12.0 Å². The van der Waals surface area contributed by atoms with Gasteiger partial charge in [-0.15, -0.1) is 0 Å². The molecule has 100 valence electrons. The summed E-state index contributed by atoms with van der Waals surface area (Å²) in [7, 11) is 0. The molecule has 3 nitrogen and oxygen atoms in total. The van der Waals surface area contributed by atoms with Crippen molar-refractivity contribution in [2.24, 2.45) is 0 Å². The molecule has 0 aliphatic carbocycles. The number of nitrogens with zero attached hydrogens (tertiary/aromatic N) is 1. The van der Waals surface area contributed by atoms with Gasteiger partial charge in [0.1, 0.15) is 0 Å². The summed E-state index contributed by atoms with van der Waals surface area (Å²) in [4.78, 5) is 11.6. The van der Waals surface area contributed by atoms with Crippen LogP contribution in [0.15, 0.2) is 48.8 Å². The van der Waals surface area contributed by atoms with E-state index < -0.39 is 0 Å². The maximum Gasteiger partial charge on any atom is 0.221 e. The summed E-state index contributed by atoms with van der Waals surface area (Å²) in [5.41, 5.74) is 1.14. The second-order valence-corrected chi connectivity index (χ2v) is 4.84. The Labute approximate surface area is 118 Å². The van der Waals surface area contributed by atoms with Gasteiger partial charge in [0.05, 0.1) is 0 Å². The topological polar surface area (TPSA) is 34.0 Å². The lowest BCUT2D eigenvalue weighted by molar-refractivity contribution is -0.121. The molecule has 0 unspecified atom stereocenters. The van der Waals surface area contributed by atoms with Gasteiger partial charge in [0, 0.05) is 36.9 Å². The van der Waals surface area contributed by atoms with Gasteiger partial charge in [0.2, 0.25) is 5.91 Å². The molecular formula is C15H17ClN2O. The Morgan fingerprint density at radius 3 is 2.74 bits per heavy atom. The van der Waals surface area contributed by atoms with Crippen LogP contribution >= 0.6 is 11.6 Å². The van der Waals surface area contributed by atoms with Crippen molar-refractivity contribution in [2.75, 3.05) is 6.54 Å². The van der Waals surface area contributed by atoms with Crippen LogP contribution in [0.2, 0.25) is 5.02 Å². The maximum absolute atomic E-state index is 11.6. The van der Waals surface area contributed by atoms with Crippen LogP contribution in [0.5, 0.6) is 0 Å². The Bertz CT molecular complexity index is 523. The second kappa shape index (κ2) is 7.00. The summed E-state index contributed by atoms with van der Waals surface area (Å²) < 4.78 is 2.00. The number of benzene rings is 1. The molecule has 0 fully saturated rings. The third-order valence-corrected chi connectivity index (χ3v) is 3.12. The SMILES string of the molecule is O=C(CCn1cccc1)NCCc1cccc(Cl)c1. The molecular weight excluding hydrogens is 260 g/mol. The van der Waals surface area contributed by atoms with Gasteiger partial charge in [-0.3, -0.25) is 4.79 Å². The summed E-state index contributed by atoms with van der Waals surface area (Å²) in [6.45, 7) is 1.36. The van der Waals surface area contributed by atoms with E-state index in [0.29, 0.717) is 13.0 Å². The molecule has 1 amide bonds. The molecule has 2 aromatic rings. The summed E-state index contributed by atoms with van der Waals surface area (Å²) in [5, 5.41) is 3.65. The lowest BCUT2D eigenvalue weighted by atomic mass is 10.1. The fourth-order valence-electron chi connectivity index (χ4n) is 1.88. The molecule has 1 aromatic carbocycles. The highest BCUT2D eigenvalue weighted by Crippen LogP contribution is 2.10. The fraction of sp³-hybridized carbons (Fsp3) is 0.267. The molecule has 2 rings (SSSR count). The number of carbonyl (C=O) groups is 1. The number of hydrogen-bond acceptors (Lipinski definition) is 1. The minimum absolute atomic E-state index is 0.0794. The zero-order chi connectivity index (χ0) is 13.5. The summed E-state index contributed by atoms with van der Waals surface area (Å²) in [6, 6.07) is 11.6. The van der Waals surface area contributed by atoms with E-state index in [0.717, 1.165) is 23.6 Å². The number of halogens is 1. The van der Waals surface area contributed by atoms with Gasteiger partial charge in [-0.05, 0) is 36.2 Å². The predicted octanol–water partition coefficient (Wildman–Crippen LogP) is 2.89. The molecule has 0 spiro atoms. The first-order valence-electron chi connectivity index (χ1n) is 6.36. The fourth-order valence-corrected chi connectivity index (χ4v) is 2.09. The van der Waals surface area contributed by atoms with Crippen molar-refractivity contribution < 1.29 is 4.79 Å². The number of hydrogen-bond donors (Lipinski definition) is 1. The van der Waals surface area contributed by atoms with E-state index in [1.165, 1.54) is 0 Å². The Balaban J connectivity index is 1.66. The van der Waals surface area contributed by atoms with Crippen LogP contribution in [0.4, 0.5) is 0 Å². The summed E-state index contributed by atoms with van der Waals surface area (Å²) in [5.74, 6) is 0.0794. The van der Waals surface area contributed by atoms with Crippen LogP contribution in [-0.4, -0.2) is 17.0 Å².